The average Bonchev–Trinajstić information content (AvgIpc) is 3.32. The van der Waals surface area contributed by atoms with Gasteiger partial charge < -0.3 is 5.32 Å². The predicted octanol–water partition coefficient (Wildman–Crippen LogP) is 4.78. The Morgan fingerprint density at radius 3 is 2.44 bits per heavy atom. The summed E-state index contributed by atoms with van der Waals surface area (Å²) in [6.07, 6.45) is 0.146. The molecule has 39 heavy (non-hydrogen) atoms. The van der Waals surface area contributed by atoms with Gasteiger partial charge in [-0.15, -0.1) is 0 Å². The van der Waals surface area contributed by atoms with Crippen LogP contribution < -0.4 is 15.4 Å². The molecular formula is C28H32N6O4S. The smallest absolute Gasteiger partial charge is 0.307 e. The molecule has 4 rings (SSSR count). The summed E-state index contributed by atoms with van der Waals surface area (Å²) < 4.78 is 29.4. The van der Waals surface area contributed by atoms with Gasteiger partial charge in [-0.05, 0) is 29.1 Å². The van der Waals surface area contributed by atoms with Crippen molar-refractivity contribution in [3.05, 3.63) is 84.1 Å². The molecule has 0 saturated heterocycles. The topological polar surface area (TPSA) is 125 Å². The van der Waals surface area contributed by atoms with Crippen LogP contribution in [0.1, 0.15) is 39.0 Å². The fourth-order valence-electron chi connectivity index (χ4n) is 4.13. The van der Waals surface area contributed by atoms with Crippen LogP contribution in [-0.2, 0) is 27.0 Å². The molecule has 4 aromatic rings. The van der Waals surface area contributed by atoms with Crippen LogP contribution in [-0.4, -0.2) is 41.5 Å². The number of rotatable bonds is 9. The highest BCUT2D eigenvalue weighted by Gasteiger charge is 2.23. The van der Waals surface area contributed by atoms with Crippen molar-refractivity contribution in [1.29, 1.82) is 0 Å². The molecule has 0 unspecified atom stereocenters. The van der Waals surface area contributed by atoms with Crippen LogP contribution in [0, 0.1) is 0 Å². The minimum atomic E-state index is -3.96. The minimum absolute atomic E-state index is 0.0469. The fourth-order valence-corrected chi connectivity index (χ4v) is 5.06. The van der Waals surface area contributed by atoms with E-state index >= 15 is 0 Å². The van der Waals surface area contributed by atoms with E-state index in [1.807, 2.05) is 80.1 Å². The van der Waals surface area contributed by atoms with Gasteiger partial charge in [0.2, 0.25) is 6.41 Å². The predicted molar refractivity (Wildman–Crippen MR) is 153 cm³/mol. The Hall–Kier alpha value is -4.22. The Kier molecular flexibility index (Phi) is 8.03. The highest BCUT2D eigenvalue weighted by Crippen LogP contribution is 2.28. The van der Waals surface area contributed by atoms with Crippen molar-refractivity contribution in [2.24, 2.45) is 0 Å². The van der Waals surface area contributed by atoms with Crippen LogP contribution >= 0.6 is 0 Å². The molecular weight excluding hydrogens is 516 g/mol. The van der Waals surface area contributed by atoms with Gasteiger partial charge in [-0.25, -0.2) is 14.2 Å². The number of anilines is 2. The first kappa shape index (κ1) is 27.8. The lowest BCUT2D eigenvalue weighted by Gasteiger charge is -2.20. The maximum atomic E-state index is 13.1. The van der Waals surface area contributed by atoms with Crippen LogP contribution in [0.25, 0.3) is 16.5 Å². The van der Waals surface area contributed by atoms with Gasteiger partial charge in [-0.2, -0.15) is 17.8 Å². The second kappa shape index (κ2) is 11.3. The number of nitrogens with zero attached hydrogens (tertiary/aromatic N) is 3. The Balaban J connectivity index is 1.64. The SMILES string of the molecule is CCN(Cc1cccc(-n2nc(C(C)(C)C)cc2NC(=O)Nc2cccc3ccccc23)c1)S(=O)(=O)NC=O. The van der Waals surface area contributed by atoms with Crippen molar-refractivity contribution in [2.75, 3.05) is 17.2 Å². The number of carbonyl (C=O) groups excluding carboxylic acids is 2. The normalized spacial score (nSPS) is 11.9. The second-order valence-electron chi connectivity index (χ2n) is 10.0. The van der Waals surface area contributed by atoms with Gasteiger partial charge in [0.05, 0.1) is 17.1 Å². The zero-order valence-electron chi connectivity index (χ0n) is 22.3. The Labute approximate surface area is 228 Å². The molecule has 0 fully saturated rings. The van der Waals surface area contributed by atoms with Crippen LogP contribution in [0.2, 0.25) is 0 Å². The van der Waals surface area contributed by atoms with Crippen molar-refractivity contribution in [2.45, 2.75) is 39.7 Å². The standard InChI is InChI=1S/C28H32N6O4S/c1-5-33(39(37,38)29-19-35)18-20-10-8-13-22(16-20)34-26(17-25(32-34)28(2,3)4)31-27(36)30-24-15-9-12-21-11-6-7-14-23(21)24/h6-17,19H,5,18H2,1-4H3,(H,29,35)(H2,30,31,36). The highest BCUT2D eigenvalue weighted by atomic mass is 32.2. The number of amides is 3. The number of hydrogen-bond acceptors (Lipinski definition) is 5. The molecule has 10 nitrogen and oxygen atoms in total. The number of aromatic nitrogens is 2. The van der Waals surface area contributed by atoms with Crippen LogP contribution in [0.15, 0.2) is 72.8 Å². The van der Waals surface area contributed by atoms with Crippen molar-refractivity contribution >= 4 is 44.9 Å². The average molecular weight is 549 g/mol. The molecule has 3 N–H and O–H groups in total. The maximum Gasteiger partial charge on any atom is 0.324 e. The number of urea groups is 1. The third kappa shape index (κ3) is 6.44. The molecule has 11 heteroatoms. The molecule has 0 aliphatic carbocycles. The third-order valence-electron chi connectivity index (χ3n) is 6.16. The van der Waals surface area contributed by atoms with Crippen molar-refractivity contribution in [1.82, 2.24) is 18.8 Å². The van der Waals surface area contributed by atoms with E-state index in [0.717, 1.165) is 20.8 Å². The fraction of sp³-hybridized carbons (Fsp3) is 0.250. The molecule has 0 spiro atoms. The van der Waals surface area contributed by atoms with E-state index in [0.29, 0.717) is 22.8 Å². The van der Waals surface area contributed by atoms with Gasteiger partial charge in [-0.1, -0.05) is 76.2 Å². The first-order valence-corrected chi connectivity index (χ1v) is 13.9. The van der Waals surface area contributed by atoms with Crippen molar-refractivity contribution < 1.29 is 18.0 Å². The summed E-state index contributed by atoms with van der Waals surface area (Å²) in [5, 5.41) is 12.6. The molecule has 1 heterocycles. The van der Waals surface area contributed by atoms with Gasteiger partial charge >= 0.3 is 16.2 Å². The van der Waals surface area contributed by atoms with Crippen LogP contribution in [0.3, 0.4) is 0 Å². The number of hydrogen-bond donors (Lipinski definition) is 3. The Morgan fingerprint density at radius 2 is 1.72 bits per heavy atom. The highest BCUT2D eigenvalue weighted by molar-refractivity contribution is 7.87. The van der Waals surface area contributed by atoms with Gasteiger partial charge in [0.25, 0.3) is 0 Å². The molecule has 0 radical (unpaired) electrons. The van der Waals surface area contributed by atoms with Crippen molar-refractivity contribution in [3.63, 3.8) is 0 Å². The largest absolute Gasteiger partial charge is 0.324 e. The first-order chi connectivity index (χ1) is 18.5. The molecule has 204 valence electrons. The third-order valence-corrected chi connectivity index (χ3v) is 7.62. The van der Waals surface area contributed by atoms with E-state index in [9.17, 15) is 18.0 Å². The summed E-state index contributed by atoms with van der Waals surface area (Å²) >= 11 is 0. The van der Waals surface area contributed by atoms with Gasteiger partial charge in [-0.3, -0.25) is 10.1 Å². The van der Waals surface area contributed by atoms with E-state index < -0.39 is 16.2 Å². The zero-order chi connectivity index (χ0) is 28.2. The Bertz CT molecular complexity index is 1600. The molecule has 3 amide bonds. The quantitative estimate of drug-likeness (QED) is 0.260. The summed E-state index contributed by atoms with van der Waals surface area (Å²) in [4.78, 5) is 23.9. The van der Waals surface area contributed by atoms with E-state index in [2.05, 4.69) is 10.6 Å². The lowest BCUT2D eigenvalue weighted by molar-refractivity contribution is -0.108. The number of carbonyl (C=O) groups is 2. The first-order valence-electron chi connectivity index (χ1n) is 12.5. The summed E-state index contributed by atoms with van der Waals surface area (Å²) in [5.74, 6) is 0.456. The Morgan fingerprint density at radius 1 is 1.00 bits per heavy atom. The van der Waals surface area contributed by atoms with E-state index in [-0.39, 0.29) is 24.9 Å². The van der Waals surface area contributed by atoms with E-state index in [1.165, 1.54) is 0 Å². The molecule has 0 aliphatic rings. The number of nitrogens with one attached hydrogen (secondary N) is 3. The minimum Gasteiger partial charge on any atom is -0.307 e. The van der Waals surface area contributed by atoms with E-state index in [4.69, 9.17) is 5.10 Å². The number of benzene rings is 3. The van der Waals surface area contributed by atoms with Gasteiger partial charge in [0.15, 0.2) is 0 Å². The molecule has 3 aromatic carbocycles. The molecule has 0 atom stereocenters. The molecule has 0 saturated carbocycles. The van der Waals surface area contributed by atoms with Gasteiger partial charge in [0, 0.05) is 30.0 Å². The van der Waals surface area contributed by atoms with Crippen LogP contribution in [0.5, 0.6) is 0 Å². The summed E-state index contributed by atoms with van der Waals surface area (Å²) in [6, 6.07) is 22.1. The van der Waals surface area contributed by atoms with Gasteiger partial charge in [0.1, 0.15) is 5.82 Å². The molecule has 0 aliphatic heterocycles. The summed E-state index contributed by atoms with van der Waals surface area (Å²) in [6.45, 7) is 7.99. The monoisotopic (exact) mass is 548 g/mol. The van der Waals surface area contributed by atoms with E-state index in [1.54, 1.807) is 29.8 Å². The van der Waals surface area contributed by atoms with Crippen LogP contribution in [0.4, 0.5) is 16.3 Å². The number of fused-ring (bicyclic) bond motifs is 1. The summed E-state index contributed by atoms with van der Waals surface area (Å²) in [7, 11) is -3.96. The summed E-state index contributed by atoms with van der Waals surface area (Å²) in [5.41, 5.74) is 2.48. The van der Waals surface area contributed by atoms with Crippen molar-refractivity contribution in [3.8, 4) is 5.69 Å². The zero-order valence-corrected chi connectivity index (χ0v) is 23.1. The molecule has 1 aromatic heterocycles. The maximum absolute atomic E-state index is 13.1. The second-order valence-corrected chi connectivity index (χ2v) is 11.7. The lowest BCUT2D eigenvalue weighted by Crippen LogP contribution is -2.39. The molecule has 0 bridgehead atoms. The lowest BCUT2D eigenvalue weighted by atomic mass is 9.92.